The van der Waals surface area contributed by atoms with Gasteiger partial charge in [-0.1, -0.05) is 30.0 Å². The molecule has 0 aliphatic heterocycles. The van der Waals surface area contributed by atoms with Crippen LogP contribution in [0.1, 0.15) is 15.9 Å². The van der Waals surface area contributed by atoms with Crippen molar-refractivity contribution in [2.45, 2.75) is 16.2 Å². The van der Waals surface area contributed by atoms with Gasteiger partial charge in [0.1, 0.15) is 11.3 Å². The van der Waals surface area contributed by atoms with Gasteiger partial charge in [0.25, 0.3) is 0 Å². The zero-order valence-corrected chi connectivity index (χ0v) is 13.6. The molecule has 0 aliphatic rings. The highest BCUT2D eigenvalue weighted by molar-refractivity contribution is 7.99. The molecular formula is C17H16O5S. The molecule has 1 N–H and O–H groups in total. The standard InChI is InChI=1S/C17H16O5S/c1-21-15(19)9-11-8-13(23-12-6-4-3-5-7-12)10-14(18)16(11)17(20)22-2/h3-8,10,18H,9H2,1-2H3. The van der Waals surface area contributed by atoms with Crippen LogP contribution in [0, 0.1) is 0 Å². The van der Waals surface area contributed by atoms with Gasteiger partial charge >= 0.3 is 11.9 Å². The van der Waals surface area contributed by atoms with E-state index in [1.54, 1.807) is 6.07 Å². The molecule has 0 fully saturated rings. The minimum absolute atomic E-state index is 0.0182. The topological polar surface area (TPSA) is 72.8 Å². The van der Waals surface area contributed by atoms with Crippen LogP contribution in [0.5, 0.6) is 5.75 Å². The number of methoxy groups -OCH3 is 2. The fourth-order valence-corrected chi connectivity index (χ4v) is 2.98. The van der Waals surface area contributed by atoms with Crippen LogP contribution in [-0.2, 0) is 20.7 Å². The minimum Gasteiger partial charge on any atom is -0.507 e. The summed E-state index contributed by atoms with van der Waals surface area (Å²) in [6, 6.07) is 12.7. The van der Waals surface area contributed by atoms with E-state index in [0.717, 1.165) is 4.90 Å². The smallest absolute Gasteiger partial charge is 0.341 e. The van der Waals surface area contributed by atoms with Gasteiger partial charge in [-0.25, -0.2) is 4.79 Å². The molecule has 0 spiro atoms. The summed E-state index contributed by atoms with van der Waals surface area (Å²) in [6.45, 7) is 0. The SMILES string of the molecule is COC(=O)Cc1cc(Sc2ccccc2)cc(O)c1C(=O)OC. The summed E-state index contributed by atoms with van der Waals surface area (Å²) in [7, 11) is 2.49. The van der Waals surface area contributed by atoms with Gasteiger partial charge in [-0.2, -0.15) is 0 Å². The van der Waals surface area contributed by atoms with Crippen molar-refractivity contribution in [3.63, 3.8) is 0 Å². The third-order valence-electron chi connectivity index (χ3n) is 3.10. The number of carbonyl (C=O) groups is 2. The second kappa shape index (κ2) is 7.69. The third kappa shape index (κ3) is 4.26. The Morgan fingerprint density at radius 2 is 1.74 bits per heavy atom. The third-order valence-corrected chi connectivity index (χ3v) is 4.08. The zero-order valence-electron chi connectivity index (χ0n) is 12.7. The predicted octanol–water partition coefficient (Wildman–Crippen LogP) is 3.05. The van der Waals surface area contributed by atoms with Gasteiger partial charge in [0, 0.05) is 9.79 Å². The molecule has 0 amide bonds. The molecule has 0 aromatic heterocycles. The lowest BCUT2D eigenvalue weighted by Crippen LogP contribution is -2.11. The fraction of sp³-hybridized carbons (Fsp3) is 0.176. The lowest BCUT2D eigenvalue weighted by Gasteiger charge is -2.12. The molecule has 5 nitrogen and oxygen atoms in total. The van der Waals surface area contributed by atoms with Crippen LogP contribution in [0.25, 0.3) is 0 Å². The number of rotatable bonds is 5. The number of ether oxygens (including phenoxy) is 2. The average Bonchev–Trinajstić information content (AvgIpc) is 2.54. The highest BCUT2D eigenvalue weighted by Crippen LogP contribution is 2.34. The summed E-state index contributed by atoms with van der Waals surface area (Å²) in [5.74, 6) is -1.43. The summed E-state index contributed by atoms with van der Waals surface area (Å²) in [5.41, 5.74) is 0.345. The molecule has 2 rings (SSSR count). The first-order valence-electron chi connectivity index (χ1n) is 6.79. The highest BCUT2D eigenvalue weighted by atomic mass is 32.2. The first-order valence-corrected chi connectivity index (χ1v) is 7.60. The molecule has 23 heavy (non-hydrogen) atoms. The van der Waals surface area contributed by atoms with Crippen molar-refractivity contribution in [1.82, 2.24) is 0 Å². The van der Waals surface area contributed by atoms with Crippen molar-refractivity contribution in [2.75, 3.05) is 14.2 Å². The summed E-state index contributed by atoms with van der Waals surface area (Å²) in [6.07, 6.45) is -0.127. The molecule has 0 unspecified atom stereocenters. The highest BCUT2D eigenvalue weighted by Gasteiger charge is 2.21. The molecule has 0 bridgehead atoms. The molecule has 2 aromatic rings. The first-order chi connectivity index (χ1) is 11.0. The second-order valence-electron chi connectivity index (χ2n) is 4.64. The zero-order chi connectivity index (χ0) is 16.8. The summed E-state index contributed by atoms with van der Waals surface area (Å²) < 4.78 is 9.31. The van der Waals surface area contributed by atoms with Gasteiger partial charge in [0.15, 0.2) is 0 Å². The van der Waals surface area contributed by atoms with Crippen LogP contribution in [-0.4, -0.2) is 31.3 Å². The quantitative estimate of drug-likeness (QED) is 0.849. The van der Waals surface area contributed by atoms with Gasteiger partial charge in [0.05, 0.1) is 20.6 Å². The maximum atomic E-state index is 11.9. The number of hydrogen-bond acceptors (Lipinski definition) is 6. The molecule has 120 valence electrons. The van der Waals surface area contributed by atoms with Crippen molar-refractivity contribution in [2.24, 2.45) is 0 Å². The molecule has 6 heteroatoms. The number of benzene rings is 2. The van der Waals surface area contributed by atoms with Gasteiger partial charge in [-0.05, 0) is 29.8 Å². The van der Waals surface area contributed by atoms with Crippen LogP contribution in [0.3, 0.4) is 0 Å². The Labute approximate surface area is 138 Å². The van der Waals surface area contributed by atoms with Crippen molar-refractivity contribution in [1.29, 1.82) is 0 Å². The normalized spacial score (nSPS) is 10.2. The van der Waals surface area contributed by atoms with Crippen LogP contribution in [0.2, 0.25) is 0 Å². The van der Waals surface area contributed by atoms with E-state index < -0.39 is 11.9 Å². The predicted molar refractivity (Wildman–Crippen MR) is 85.7 cm³/mol. The van der Waals surface area contributed by atoms with E-state index in [1.807, 2.05) is 30.3 Å². The van der Waals surface area contributed by atoms with Gasteiger partial charge in [-0.15, -0.1) is 0 Å². The molecule has 2 aromatic carbocycles. The summed E-state index contributed by atoms with van der Waals surface area (Å²) >= 11 is 1.41. The largest absolute Gasteiger partial charge is 0.507 e. The summed E-state index contributed by atoms with van der Waals surface area (Å²) in [5, 5.41) is 10.2. The van der Waals surface area contributed by atoms with Gasteiger partial charge in [-0.3, -0.25) is 4.79 Å². The van der Waals surface area contributed by atoms with Crippen molar-refractivity contribution in [3.8, 4) is 5.75 Å². The van der Waals surface area contributed by atoms with Crippen LogP contribution >= 0.6 is 11.8 Å². The minimum atomic E-state index is -0.697. The van der Waals surface area contributed by atoms with Gasteiger partial charge < -0.3 is 14.6 Å². The lowest BCUT2D eigenvalue weighted by atomic mass is 10.0. The lowest BCUT2D eigenvalue weighted by molar-refractivity contribution is -0.139. The van der Waals surface area contributed by atoms with E-state index >= 15 is 0 Å². The maximum Gasteiger partial charge on any atom is 0.341 e. The number of hydrogen-bond donors (Lipinski definition) is 1. The number of phenols is 1. The number of aromatic hydroxyl groups is 1. The van der Waals surface area contributed by atoms with E-state index in [0.29, 0.717) is 10.5 Å². The van der Waals surface area contributed by atoms with Crippen molar-refractivity contribution >= 4 is 23.7 Å². The van der Waals surface area contributed by atoms with Crippen LogP contribution in [0.4, 0.5) is 0 Å². The van der Waals surface area contributed by atoms with E-state index in [-0.39, 0.29) is 17.7 Å². The number of phenolic OH excluding ortho intramolecular Hbond substituents is 1. The van der Waals surface area contributed by atoms with E-state index in [2.05, 4.69) is 9.47 Å². The van der Waals surface area contributed by atoms with E-state index in [9.17, 15) is 14.7 Å². The molecule has 0 atom stereocenters. The molecular weight excluding hydrogens is 316 g/mol. The molecule has 0 saturated carbocycles. The maximum absolute atomic E-state index is 11.9. The second-order valence-corrected chi connectivity index (χ2v) is 5.78. The molecule has 0 heterocycles. The fourth-order valence-electron chi connectivity index (χ4n) is 2.05. The Balaban J connectivity index is 2.42. The number of carbonyl (C=O) groups excluding carboxylic acids is 2. The molecule has 0 radical (unpaired) electrons. The monoisotopic (exact) mass is 332 g/mol. The Hall–Kier alpha value is -2.47. The van der Waals surface area contributed by atoms with Crippen LogP contribution in [0.15, 0.2) is 52.3 Å². The number of esters is 2. The Bertz CT molecular complexity index is 712. The van der Waals surface area contributed by atoms with Crippen molar-refractivity contribution in [3.05, 3.63) is 53.6 Å². The van der Waals surface area contributed by atoms with E-state index in [1.165, 1.54) is 32.0 Å². The Kier molecular flexibility index (Phi) is 5.65. The average molecular weight is 332 g/mol. The first kappa shape index (κ1) is 16.9. The Morgan fingerprint density at radius 3 is 2.35 bits per heavy atom. The Morgan fingerprint density at radius 1 is 1.04 bits per heavy atom. The molecule has 0 saturated heterocycles. The summed E-state index contributed by atoms with van der Waals surface area (Å²) in [4.78, 5) is 25.1. The van der Waals surface area contributed by atoms with Crippen molar-refractivity contribution < 1.29 is 24.2 Å². The molecule has 0 aliphatic carbocycles. The van der Waals surface area contributed by atoms with Crippen LogP contribution < -0.4 is 0 Å². The van der Waals surface area contributed by atoms with Gasteiger partial charge in [0.2, 0.25) is 0 Å². The van der Waals surface area contributed by atoms with E-state index in [4.69, 9.17) is 0 Å².